The molecule has 0 radical (unpaired) electrons. The second-order valence-corrected chi connectivity index (χ2v) is 4.57. The van der Waals surface area contributed by atoms with Crippen molar-refractivity contribution >= 4 is 0 Å². The third-order valence-electron chi connectivity index (χ3n) is 3.02. The lowest BCUT2D eigenvalue weighted by Gasteiger charge is -2.12. The first-order valence-corrected chi connectivity index (χ1v) is 6.81. The Hall–Kier alpha value is -2.44. The Balaban J connectivity index is 2.05. The molecule has 3 heteroatoms. The minimum atomic E-state index is 0.512. The van der Waals surface area contributed by atoms with E-state index in [-0.39, 0.29) is 0 Å². The van der Waals surface area contributed by atoms with Gasteiger partial charge in [-0.25, -0.2) is 0 Å². The molecule has 108 valence electrons. The van der Waals surface area contributed by atoms with Crippen molar-refractivity contribution in [3.05, 3.63) is 59.7 Å². The average molecular weight is 281 g/mol. The minimum Gasteiger partial charge on any atom is -0.493 e. The van der Waals surface area contributed by atoms with Crippen LogP contribution in [0.5, 0.6) is 11.5 Å². The predicted molar refractivity (Wildman–Crippen MR) is 84.3 cm³/mol. The zero-order chi connectivity index (χ0) is 14.9. The van der Waals surface area contributed by atoms with Gasteiger partial charge in [-0.3, -0.25) is 0 Å². The highest BCUT2D eigenvalue weighted by Gasteiger charge is 2.06. The Morgan fingerprint density at radius 2 is 1.86 bits per heavy atom. The van der Waals surface area contributed by atoms with Crippen LogP contribution in [0.4, 0.5) is 0 Å². The summed E-state index contributed by atoms with van der Waals surface area (Å²) in [6, 6.07) is 15.9. The van der Waals surface area contributed by atoms with Crippen molar-refractivity contribution in [1.82, 2.24) is 5.32 Å². The van der Waals surface area contributed by atoms with Gasteiger partial charge in [-0.2, -0.15) is 0 Å². The van der Waals surface area contributed by atoms with E-state index in [9.17, 15) is 0 Å². The van der Waals surface area contributed by atoms with Gasteiger partial charge in [0, 0.05) is 6.54 Å². The molecule has 0 aliphatic carbocycles. The summed E-state index contributed by atoms with van der Waals surface area (Å²) in [5, 5.41) is 3.16. The second kappa shape index (κ2) is 7.98. The molecule has 0 heterocycles. The fourth-order valence-electron chi connectivity index (χ4n) is 1.96. The molecule has 0 bridgehead atoms. The third-order valence-corrected chi connectivity index (χ3v) is 3.02. The number of benzene rings is 2. The largest absolute Gasteiger partial charge is 0.493 e. The summed E-state index contributed by atoms with van der Waals surface area (Å²) in [6.07, 6.45) is 5.22. The van der Waals surface area contributed by atoms with Crippen LogP contribution in [0.3, 0.4) is 0 Å². The number of nitrogens with one attached hydrogen (secondary N) is 1. The quantitative estimate of drug-likeness (QED) is 0.625. The van der Waals surface area contributed by atoms with Crippen LogP contribution >= 0.6 is 0 Å². The maximum atomic E-state index is 5.87. The summed E-state index contributed by atoms with van der Waals surface area (Å²) >= 11 is 0. The van der Waals surface area contributed by atoms with Gasteiger partial charge in [0.25, 0.3) is 0 Å². The van der Waals surface area contributed by atoms with E-state index >= 15 is 0 Å². The van der Waals surface area contributed by atoms with Crippen molar-refractivity contribution in [2.45, 2.75) is 13.2 Å². The summed E-state index contributed by atoms with van der Waals surface area (Å²) < 4.78 is 11.2. The molecule has 0 aliphatic rings. The number of terminal acetylenes is 1. The van der Waals surface area contributed by atoms with Crippen LogP contribution < -0.4 is 14.8 Å². The van der Waals surface area contributed by atoms with Crippen molar-refractivity contribution in [1.29, 1.82) is 0 Å². The lowest BCUT2D eigenvalue weighted by Crippen LogP contribution is -2.13. The van der Waals surface area contributed by atoms with Gasteiger partial charge in [0.1, 0.15) is 6.61 Å². The van der Waals surface area contributed by atoms with Crippen LogP contribution in [0.15, 0.2) is 48.5 Å². The van der Waals surface area contributed by atoms with Crippen molar-refractivity contribution in [3.8, 4) is 23.8 Å². The van der Waals surface area contributed by atoms with E-state index in [0.717, 1.165) is 22.6 Å². The van der Waals surface area contributed by atoms with Crippen LogP contribution in [-0.2, 0) is 13.2 Å². The monoisotopic (exact) mass is 281 g/mol. The van der Waals surface area contributed by atoms with Crippen LogP contribution in [0.1, 0.15) is 11.1 Å². The lowest BCUT2D eigenvalue weighted by atomic mass is 10.2. The Bertz CT molecular complexity index is 602. The number of methoxy groups -OCH3 is 1. The number of rotatable bonds is 7. The highest BCUT2D eigenvalue weighted by Crippen LogP contribution is 2.28. The number of ether oxygens (including phenoxy) is 2. The summed E-state index contributed by atoms with van der Waals surface area (Å²) in [5.41, 5.74) is 2.23. The third kappa shape index (κ3) is 4.55. The molecule has 0 fully saturated rings. The van der Waals surface area contributed by atoms with Crippen LogP contribution in [0, 0.1) is 12.3 Å². The molecule has 0 atom stereocenters. The fourth-order valence-corrected chi connectivity index (χ4v) is 1.96. The molecule has 0 aromatic heterocycles. The van der Waals surface area contributed by atoms with Crippen LogP contribution in [0.25, 0.3) is 0 Å². The van der Waals surface area contributed by atoms with Crippen molar-refractivity contribution in [3.63, 3.8) is 0 Å². The first-order chi connectivity index (χ1) is 10.3. The van der Waals surface area contributed by atoms with E-state index in [1.165, 1.54) is 0 Å². The van der Waals surface area contributed by atoms with Crippen molar-refractivity contribution in [2.24, 2.45) is 0 Å². The molecule has 3 nitrogen and oxygen atoms in total. The van der Waals surface area contributed by atoms with Crippen LogP contribution in [0.2, 0.25) is 0 Å². The van der Waals surface area contributed by atoms with Gasteiger partial charge in [0.05, 0.1) is 13.7 Å². The molecule has 0 amide bonds. The Morgan fingerprint density at radius 3 is 2.57 bits per heavy atom. The molecule has 2 rings (SSSR count). The highest BCUT2D eigenvalue weighted by molar-refractivity contribution is 5.43. The summed E-state index contributed by atoms with van der Waals surface area (Å²) in [4.78, 5) is 0. The van der Waals surface area contributed by atoms with E-state index < -0.39 is 0 Å². The summed E-state index contributed by atoms with van der Waals surface area (Å²) in [5.74, 6) is 4.02. The standard InChI is InChI=1S/C18H19NO2/c1-3-11-19-13-16-9-10-17(20-2)18(12-16)21-14-15-7-5-4-6-8-15/h1,4-10,12,19H,11,13-14H2,2H3. The average Bonchev–Trinajstić information content (AvgIpc) is 2.54. The van der Waals surface area contributed by atoms with Crippen molar-refractivity contribution in [2.75, 3.05) is 13.7 Å². The Kier molecular flexibility index (Phi) is 5.69. The van der Waals surface area contributed by atoms with Gasteiger partial charge in [0.2, 0.25) is 0 Å². The predicted octanol–water partition coefficient (Wildman–Crippen LogP) is 3.00. The SMILES string of the molecule is C#CCNCc1ccc(OC)c(OCc2ccccc2)c1. The second-order valence-electron chi connectivity index (χ2n) is 4.57. The Labute approximate surface area is 125 Å². The summed E-state index contributed by atoms with van der Waals surface area (Å²) in [7, 11) is 1.64. The highest BCUT2D eigenvalue weighted by atomic mass is 16.5. The molecule has 0 spiro atoms. The molecule has 1 N–H and O–H groups in total. The van der Waals surface area contributed by atoms with E-state index in [1.54, 1.807) is 7.11 Å². The zero-order valence-electron chi connectivity index (χ0n) is 12.1. The Morgan fingerprint density at radius 1 is 1.05 bits per heavy atom. The van der Waals surface area contributed by atoms with Crippen LogP contribution in [-0.4, -0.2) is 13.7 Å². The van der Waals surface area contributed by atoms with Gasteiger partial charge in [0.15, 0.2) is 11.5 Å². The topological polar surface area (TPSA) is 30.5 Å². The molecular formula is C18H19NO2. The zero-order valence-corrected chi connectivity index (χ0v) is 12.1. The van der Waals surface area contributed by atoms with E-state index in [2.05, 4.69) is 11.2 Å². The summed E-state index contributed by atoms with van der Waals surface area (Å²) in [6.45, 7) is 1.76. The maximum Gasteiger partial charge on any atom is 0.161 e. The van der Waals surface area contributed by atoms with E-state index in [0.29, 0.717) is 19.7 Å². The van der Waals surface area contributed by atoms with Gasteiger partial charge in [-0.05, 0) is 23.3 Å². The van der Waals surface area contributed by atoms with Gasteiger partial charge < -0.3 is 14.8 Å². The molecule has 2 aromatic carbocycles. The lowest BCUT2D eigenvalue weighted by molar-refractivity contribution is 0.284. The molecule has 0 saturated heterocycles. The molecule has 2 aromatic rings. The fraction of sp³-hybridized carbons (Fsp3) is 0.222. The van der Waals surface area contributed by atoms with E-state index in [4.69, 9.17) is 15.9 Å². The molecule has 0 unspecified atom stereocenters. The number of hydrogen-bond donors (Lipinski definition) is 1. The first kappa shape index (κ1) is 15.0. The maximum absolute atomic E-state index is 5.87. The van der Waals surface area contributed by atoms with Gasteiger partial charge in [-0.1, -0.05) is 42.3 Å². The molecular weight excluding hydrogens is 262 g/mol. The van der Waals surface area contributed by atoms with Gasteiger partial charge in [-0.15, -0.1) is 6.42 Å². The molecule has 0 saturated carbocycles. The van der Waals surface area contributed by atoms with Gasteiger partial charge >= 0.3 is 0 Å². The first-order valence-electron chi connectivity index (χ1n) is 6.81. The molecule has 21 heavy (non-hydrogen) atoms. The van der Waals surface area contributed by atoms with Crippen molar-refractivity contribution < 1.29 is 9.47 Å². The smallest absolute Gasteiger partial charge is 0.161 e. The molecule has 0 aliphatic heterocycles. The minimum absolute atomic E-state index is 0.512. The normalized spacial score (nSPS) is 9.90. The van der Waals surface area contributed by atoms with E-state index in [1.807, 2.05) is 48.5 Å². The number of hydrogen-bond acceptors (Lipinski definition) is 3.